The van der Waals surface area contributed by atoms with Crippen molar-refractivity contribution in [2.24, 2.45) is 0 Å². The fourth-order valence-corrected chi connectivity index (χ4v) is 2.59. The van der Waals surface area contributed by atoms with Crippen LogP contribution in [0.5, 0.6) is 5.75 Å². The van der Waals surface area contributed by atoms with Crippen molar-refractivity contribution in [1.29, 1.82) is 5.26 Å². The van der Waals surface area contributed by atoms with Crippen LogP contribution in [-0.4, -0.2) is 6.61 Å². The number of ether oxygens (including phenoxy) is 1. The normalized spacial score (nSPS) is 10.1. The smallest absolute Gasteiger partial charge is 0.150 e. The van der Waals surface area contributed by atoms with Gasteiger partial charge in [-0.3, -0.25) is 0 Å². The van der Waals surface area contributed by atoms with Crippen LogP contribution >= 0.6 is 22.6 Å². The van der Waals surface area contributed by atoms with E-state index < -0.39 is 0 Å². The molecule has 0 aliphatic heterocycles. The van der Waals surface area contributed by atoms with Crippen LogP contribution in [0.2, 0.25) is 0 Å². The van der Waals surface area contributed by atoms with Crippen molar-refractivity contribution in [2.75, 3.05) is 6.61 Å². The van der Waals surface area contributed by atoms with Crippen LogP contribution in [0.25, 0.3) is 10.8 Å². The summed E-state index contributed by atoms with van der Waals surface area (Å²) in [5.41, 5.74) is 0.602. The van der Waals surface area contributed by atoms with Gasteiger partial charge in [-0.15, -0.1) is 0 Å². The van der Waals surface area contributed by atoms with Gasteiger partial charge in [-0.1, -0.05) is 24.3 Å². The number of rotatable bonds is 2. The van der Waals surface area contributed by atoms with Crippen molar-refractivity contribution in [3.05, 3.63) is 39.5 Å². The van der Waals surface area contributed by atoms with E-state index in [1.165, 1.54) is 0 Å². The lowest BCUT2D eigenvalue weighted by molar-refractivity contribution is 0.337. The summed E-state index contributed by atoms with van der Waals surface area (Å²) in [5, 5.41) is 11.3. The molecule has 2 nitrogen and oxygen atoms in total. The van der Waals surface area contributed by atoms with E-state index in [0.717, 1.165) is 14.3 Å². The lowest BCUT2D eigenvalue weighted by Gasteiger charge is -2.10. The number of fused-ring (bicyclic) bond motifs is 1. The Bertz CT molecular complexity index is 572. The van der Waals surface area contributed by atoms with E-state index >= 15 is 0 Å². The Kier molecular flexibility index (Phi) is 3.30. The Morgan fingerprint density at radius 2 is 2.12 bits per heavy atom. The molecule has 2 aromatic carbocycles. The molecule has 3 heteroatoms. The summed E-state index contributed by atoms with van der Waals surface area (Å²) < 4.78 is 6.55. The van der Waals surface area contributed by atoms with Crippen molar-refractivity contribution >= 4 is 33.4 Å². The van der Waals surface area contributed by atoms with Crippen LogP contribution in [0, 0.1) is 14.9 Å². The average Bonchev–Trinajstić information content (AvgIpc) is 2.33. The van der Waals surface area contributed by atoms with Gasteiger partial charge >= 0.3 is 0 Å². The van der Waals surface area contributed by atoms with Gasteiger partial charge in [-0.25, -0.2) is 0 Å². The fourth-order valence-electron chi connectivity index (χ4n) is 1.65. The van der Waals surface area contributed by atoms with Gasteiger partial charge in [0.15, 0.2) is 5.75 Å². The zero-order chi connectivity index (χ0) is 11.5. The van der Waals surface area contributed by atoms with Crippen LogP contribution in [0.1, 0.15) is 12.5 Å². The molecule has 0 saturated heterocycles. The van der Waals surface area contributed by atoms with Gasteiger partial charge in [0.2, 0.25) is 0 Å². The van der Waals surface area contributed by atoms with E-state index in [0.29, 0.717) is 17.9 Å². The van der Waals surface area contributed by atoms with E-state index in [4.69, 9.17) is 10.00 Å². The maximum atomic E-state index is 9.10. The van der Waals surface area contributed by atoms with E-state index in [-0.39, 0.29) is 0 Å². The summed E-state index contributed by atoms with van der Waals surface area (Å²) in [7, 11) is 0. The molecule has 2 rings (SSSR count). The zero-order valence-electron chi connectivity index (χ0n) is 8.83. The molecule has 0 radical (unpaired) electrons. The summed E-state index contributed by atoms with van der Waals surface area (Å²) in [6.45, 7) is 2.50. The van der Waals surface area contributed by atoms with Crippen molar-refractivity contribution < 1.29 is 4.74 Å². The minimum atomic E-state index is 0.572. The molecule has 0 bridgehead atoms. The molecule has 2 aromatic rings. The SMILES string of the molecule is CCOc1c(C#N)cc2ccccc2c1I. The quantitative estimate of drug-likeness (QED) is 0.789. The van der Waals surface area contributed by atoms with Crippen LogP contribution in [0.4, 0.5) is 0 Å². The second-order valence-electron chi connectivity index (χ2n) is 3.33. The predicted octanol–water partition coefficient (Wildman–Crippen LogP) is 3.71. The molecule has 0 heterocycles. The molecule has 80 valence electrons. The van der Waals surface area contributed by atoms with Crippen LogP contribution < -0.4 is 4.74 Å². The Balaban J connectivity index is 2.78. The van der Waals surface area contributed by atoms with Gasteiger partial charge in [-0.2, -0.15) is 5.26 Å². The Hall–Kier alpha value is -1.28. The summed E-state index contributed by atoms with van der Waals surface area (Å²) in [4.78, 5) is 0. The zero-order valence-corrected chi connectivity index (χ0v) is 11.0. The molecule has 0 aromatic heterocycles. The first-order chi connectivity index (χ1) is 7.77. The molecular formula is C13H10INO. The Morgan fingerprint density at radius 3 is 2.81 bits per heavy atom. The third kappa shape index (κ3) is 1.85. The maximum absolute atomic E-state index is 9.10. The summed E-state index contributed by atoms with van der Waals surface area (Å²) in [5.74, 6) is 0.698. The van der Waals surface area contributed by atoms with Gasteiger partial charge < -0.3 is 4.74 Å². The van der Waals surface area contributed by atoms with E-state index in [9.17, 15) is 0 Å². The molecule has 0 aliphatic carbocycles. The summed E-state index contributed by atoms with van der Waals surface area (Å²) in [6, 6.07) is 12.1. The second kappa shape index (κ2) is 4.71. The number of benzene rings is 2. The number of hydrogen-bond acceptors (Lipinski definition) is 2. The van der Waals surface area contributed by atoms with Gasteiger partial charge in [0.05, 0.1) is 15.7 Å². The third-order valence-corrected chi connectivity index (χ3v) is 3.42. The lowest BCUT2D eigenvalue weighted by atomic mass is 10.1. The standard InChI is InChI=1S/C13H10INO/c1-2-16-13-10(8-15)7-9-5-3-4-6-11(9)12(13)14/h3-7H,2H2,1H3. The molecule has 0 saturated carbocycles. The van der Waals surface area contributed by atoms with Gasteiger partial charge in [0.25, 0.3) is 0 Å². The third-order valence-electron chi connectivity index (χ3n) is 2.35. The molecule has 0 spiro atoms. The molecule has 0 atom stereocenters. The Morgan fingerprint density at radius 1 is 1.38 bits per heavy atom. The minimum absolute atomic E-state index is 0.572. The minimum Gasteiger partial charge on any atom is -0.491 e. The number of halogens is 1. The van der Waals surface area contributed by atoms with Crippen molar-refractivity contribution in [2.45, 2.75) is 6.92 Å². The van der Waals surface area contributed by atoms with Gasteiger partial charge in [0.1, 0.15) is 6.07 Å². The molecular weight excluding hydrogens is 313 g/mol. The highest BCUT2D eigenvalue weighted by Crippen LogP contribution is 2.32. The summed E-state index contributed by atoms with van der Waals surface area (Å²) >= 11 is 2.23. The molecule has 0 unspecified atom stereocenters. The second-order valence-corrected chi connectivity index (χ2v) is 4.41. The number of hydrogen-bond donors (Lipinski definition) is 0. The maximum Gasteiger partial charge on any atom is 0.150 e. The largest absolute Gasteiger partial charge is 0.491 e. The fraction of sp³-hybridized carbons (Fsp3) is 0.154. The molecule has 0 amide bonds. The summed E-state index contributed by atoms with van der Waals surface area (Å²) in [6.07, 6.45) is 0. The predicted molar refractivity (Wildman–Crippen MR) is 72.5 cm³/mol. The molecule has 16 heavy (non-hydrogen) atoms. The topological polar surface area (TPSA) is 33.0 Å². The highest BCUT2D eigenvalue weighted by Gasteiger charge is 2.11. The first-order valence-corrected chi connectivity index (χ1v) is 6.10. The van der Waals surface area contributed by atoms with Crippen LogP contribution in [0.3, 0.4) is 0 Å². The van der Waals surface area contributed by atoms with Crippen LogP contribution in [-0.2, 0) is 0 Å². The first-order valence-electron chi connectivity index (χ1n) is 5.02. The van der Waals surface area contributed by atoms with Crippen molar-refractivity contribution in [1.82, 2.24) is 0 Å². The number of nitriles is 1. The highest BCUT2D eigenvalue weighted by atomic mass is 127. The van der Waals surface area contributed by atoms with Gasteiger partial charge in [-0.05, 0) is 46.4 Å². The average molecular weight is 323 g/mol. The lowest BCUT2D eigenvalue weighted by Crippen LogP contribution is -1.97. The van der Waals surface area contributed by atoms with Crippen LogP contribution in [0.15, 0.2) is 30.3 Å². The highest BCUT2D eigenvalue weighted by molar-refractivity contribution is 14.1. The monoisotopic (exact) mass is 323 g/mol. The van der Waals surface area contributed by atoms with E-state index in [1.807, 2.05) is 37.3 Å². The molecule has 0 aliphatic rings. The molecule has 0 fully saturated rings. The van der Waals surface area contributed by atoms with E-state index in [2.05, 4.69) is 28.7 Å². The van der Waals surface area contributed by atoms with Gasteiger partial charge in [0, 0.05) is 0 Å². The van der Waals surface area contributed by atoms with E-state index in [1.54, 1.807) is 0 Å². The first kappa shape index (κ1) is 11.2. The Labute approximate surface area is 108 Å². The van der Waals surface area contributed by atoms with Crippen molar-refractivity contribution in [3.63, 3.8) is 0 Å². The van der Waals surface area contributed by atoms with Crippen molar-refractivity contribution in [3.8, 4) is 11.8 Å². The molecule has 0 N–H and O–H groups in total. The number of nitrogens with zero attached hydrogens (tertiary/aromatic N) is 1.